The van der Waals surface area contributed by atoms with Crippen LogP contribution in [-0.4, -0.2) is 51.9 Å². The molecule has 2 heterocycles. The van der Waals surface area contributed by atoms with Crippen LogP contribution in [-0.2, 0) is 16.0 Å². The number of hydrogen-bond acceptors (Lipinski definition) is 6. The molecular weight excluding hydrogens is 438 g/mol. The molecule has 1 aromatic heterocycles. The van der Waals surface area contributed by atoms with Gasteiger partial charge >= 0.3 is 18.2 Å². The molecule has 1 aromatic carbocycles. The van der Waals surface area contributed by atoms with Gasteiger partial charge in [0.25, 0.3) is 0 Å². The van der Waals surface area contributed by atoms with E-state index in [2.05, 4.69) is 9.72 Å². The number of nitro groups is 1. The first-order chi connectivity index (χ1) is 15.2. The smallest absolute Gasteiger partial charge is 0.443 e. The van der Waals surface area contributed by atoms with Gasteiger partial charge in [-0.05, 0) is 28.2 Å². The van der Waals surface area contributed by atoms with Crippen LogP contribution in [0.4, 0.5) is 23.4 Å². The van der Waals surface area contributed by atoms with Gasteiger partial charge in [-0.1, -0.05) is 36.4 Å². The summed E-state index contributed by atoms with van der Waals surface area (Å²) < 4.78 is 70.7. The van der Waals surface area contributed by atoms with E-state index in [4.69, 9.17) is 9.47 Å². The van der Waals surface area contributed by atoms with E-state index >= 15 is 4.39 Å². The van der Waals surface area contributed by atoms with Crippen LogP contribution in [0.5, 0.6) is 6.01 Å². The molecule has 0 saturated carbocycles. The van der Waals surface area contributed by atoms with Crippen molar-refractivity contribution < 1.29 is 36.7 Å². The van der Waals surface area contributed by atoms with Gasteiger partial charge in [0, 0.05) is 4.98 Å². The fraction of sp³-hybridized carbons (Fsp3) is 0.350. The SMILES string of the molecule is O=[N+]([O-])c1cn2c(n1)OC[C@@H](OCC1(OC(F)(F)F)C=CC(c3ccccc3)=CC1F)C2. The van der Waals surface area contributed by atoms with Crippen molar-refractivity contribution >= 4 is 11.4 Å². The Morgan fingerprint density at radius 1 is 1.31 bits per heavy atom. The largest absolute Gasteiger partial charge is 0.523 e. The molecule has 3 atom stereocenters. The van der Waals surface area contributed by atoms with Crippen LogP contribution >= 0.6 is 0 Å². The number of imidazole rings is 1. The zero-order chi connectivity index (χ0) is 22.9. The fourth-order valence-corrected chi connectivity index (χ4v) is 3.47. The summed E-state index contributed by atoms with van der Waals surface area (Å²) in [5.74, 6) is -0.435. The first kappa shape index (κ1) is 22.0. The Kier molecular flexibility index (Phi) is 5.73. The molecule has 0 fully saturated rings. The van der Waals surface area contributed by atoms with Gasteiger partial charge in [-0.3, -0.25) is 9.30 Å². The highest BCUT2D eigenvalue weighted by molar-refractivity contribution is 5.76. The third-order valence-corrected chi connectivity index (χ3v) is 5.01. The van der Waals surface area contributed by atoms with Crippen molar-refractivity contribution in [3.05, 3.63) is 70.4 Å². The van der Waals surface area contributed by atoms with Crippen LogP contribution < -0.4 is 4.74 Å². The Morgan fingerprint density at radius 2 is 2.06 bits per heavy atom. The van der Waals surface area contributed by atoms with E-state index in [0.717, 1.165) is 18.3 Å². The van der Waals surface area contributed by atoms with Crippen molar-refractivity contribution in [2.24, 2.45) is 0 Å². The Hall–Kier alpha value is -3.25. The normalized spacial score (nSPS) is 25.1. The number of allylic oxidation sites excluding steroid dienone is 2. The van der Waals surface area contributed by atoms with Gasteiger partial charge in [-0.15, -0.1) is 13.2 Å². The van der Waals surface area contributed by atoms with E-state index in [1.165, 1.54) is 10.6 Å². The van der Waals surface area contributed by atoms with Crippen LogP contribution in [0.15, 0.2) is 54.8 Å². The molecule has 12 heteroatoms. The fourth-order valence-electron chi connectivity index (χ4n) is 3.47. The second-order valence-corrected chi connectivity index (χ2v) is 7.26. The number of aromatic nitrogens is 2. The summed E-state index contributed by atoms with van der Waals surface area (Å²) >= 11 is 0. The number of ether oxygens (including phenoxy) is 3. The number of benzene rings is 1. The monoisotopic (exact) mass is 455 g/mol. The second kappa shape index (κ2) is 8.36. The lowest BCUT2D eigenvalue weighted by Gasteiger charge is -2.36. The van der Waals surface area contributed by atoms with Crippen molar-refractivity contribution in [3.63, 3.8) is 0 Å². The van der Waals surface area contributed by atoms with Crippen LogP contribution in [0, 0.1) is 10.1 Å². The van der Waals surface area contributed by atoms with Gasteiger partial charge in [0.15, 0.2) is 11.8 Å². The highest BCUT2D eigenvalue weighted by Crippen LogP contribution is 2.37. The number of hydrogen-bond donors (Lipinski definition) is 0. The average Bonchev–Trinajstić information content (AvgIpc) is 3.18. The molecule has 32 heavy (non-hydrogen) atoms. The molecule has 1 aliphatic heterocycles. The van der Waals surface area contributed by atoms with Crippen LogP contribution in [0.3, 0.4) is 0 Å². The minimum absolute atomic E-state index is 0.00540. The zero-order valence-electron chi connectivity index (χ0n) is 16.4. The quantitative estimate of drug-likeness (QED) is 0.374. The molecule has 4 rings (SSSR count). The standard InChI is InChI=1S/C20H17F4N3O5/c21-16-8-14(13-4-2-1-3-5-13)6-7-19(16,32-20(22,23)24)12-31-15-9-26-10-17(27(28)29)25-18(26)30-11-15/h1-8,10,15-16H,9,11-12H2/t15-,16?,19?/m0/s1. The maximum atomic E-state index is 15.1. The van der Waals surface area contributed by atoms with Crippen LogP contribution in [0.25, 0.3) is 5.57 Å². The van der Waals surface area contributed by atoms with E-state index in [-0.39, 0.29) is 19.2 Å². The minimum atomic E-state index is -5.11. The van der Waals surface area contributed by atoms with E-state index in [0.29, 0.717) is 11.1 Å². The molecule has 2 unspecified atom stereocenters. The van der Waals surface area contributed by atoms with E-state index in [1.807, 2.05) is 0 Å². The van der Waals surface area contributed by atoms with Crippen molar-refractivity contribution in [1.29, 1.82) is 0 Å². The summed E-state index contributed by atoms with van der Waals surface area (Å²) in [5.41, 5.74) is -1.38. The number of halogens is 4. The zero-order valence-corrected chi connectivity index (χ0v) is 16.4. The minimum Gasteiger partial charge on any atom is -0.443 e. The molecule has 8 nitrogen and oxygen atoms in total. The Morgan fingerprint density at radius 3 is 2.72 bits per heavy atom. The van der Waals surface area contributed by atoms with Gasteiger partial charge < -0.3 is 19.6 Å². The highest BCUT2D eigenvalue weighted by atomic mass is 19.4. The summed E-state index contributed by atoms with van der Waals surface area (Å²) in [7, 11) is 0. The summed E-state index contributed by atoms with van der Waals surface area (Å²) in [6.07, 6.45) is -3.53. The summed E-state index contributed by atoms with van der Waals surface area (Å²) in [6, 6.07) is 8.63. The average molecular weight is 455 g/mol. The summed E-state index contributed by atoms with van der Waals surface area (Å²) in [4.78, 5) is 13.8. The number of fused-ring (bicyclic) bond motifs is 1. The van der Waals surface area contributed by atoms with E-state index < -0.39 is 41.6 Å². The van der Waals surface area contributed by atoms with Gasteiger partial charge in [0.05, 0.1) is 13.2 Å². The lowest BCUT2D eigenvalue weighted by atomic mass is 9.88. The van der Waals surface area contributed by atoms with Gasteiger partial charge in [-0.25, -0.2) is 4.39 Å². The van der Waals surface area contributed by atoms with Crippen molar-refractivity contribution in [2.75, 3.05) is 13.2 Å². The molecule has 170 valence electrons. The van der Waals surface area contributed by atoms with Gasteiger partial charge in [0.1, 0.15) is 18.9 Å². The topological polar surface area (TPSA) is 88.7 Å². The van der Waals surface area contributed by atoms with Crippen molar-refractivity contribution in [2.45, 2.75) is 30.8 Å². The molecule has 0 bridgehead atoms. The molecular formula is C20H17F4N3O5. The summed E-state index contributed by atoms with van der Waals surface area (Å²) in [5, 5.41) is 10.8. The molecule has 0 spiro atoms. The van der Waals surface area contributed by atoms with Crippen LogP contribution in [0.2, 0.25) is 0 Å². The molecule has 0 N–H and O–H groups in total. The predicted octanol–water partition coefficient (Wildman–Crippen LogP) is 3.84. The number of nitrogens with zero attached hydrogens (tertiary/aromatic N) is 3. The molecule has 0 amide bonds. The lowest BCUT2D eigenvalue weighted by Crippen LogP contribution is -2.50. The molecule has 0 saturated heterocycles. The first-order valence-corrected chi connectivity index (χ1v) is 9.49. The number of rotatable bonds is 6. The van der Waals surface area contributed by atoms with Gasteiger partial charge in [-0.2, -0.15) is 0 Å². The van der Waals surface area contributed by atoms with Crippen molar-refractivity contribution in [1.82, 2.24) is 9.55 Å². The third kappa shape index (κ3) is 4.65. The summed E-state index contributed by atoms with van der Waals surface area (Å²) in [6.45, 7) is -0.852. The van der Waals surface area contributed by atoms with E-state index in [9.17, 15) is 23.3 Å². The second-order valence-electron chi connectivity index (χ2n) is 7.26. The maximum Gasteiger partial charge on any atom is 0.523 e. The maximum absolute atomic E-state index is 15.1. The molecule has 1 aliphatic carbocycles. The van der Waals surface area contributed by atoms with E-state index in [1.54, 1.807) is 30.3 Å². The first-order valence-electron chi connectivity index (χ1n) is 9.49. The predicted molar refractivity (Wildman–Crippen MR) is 102 cm³/mol. The highest BCUT2D eigenvalue weighted by Gasteiger charge is 2.49. The Labute approximate surface area is 178 Å². The van der Waals surface area contributed by atoms with Gasteiger partial charge in [0.2, 0.25) is 0 Å². The molecule has 2 aliphatic rings. The number of alkyl halides is 4. The Bertz CT molecular complexity index is 1050. The third-order valence-electron chi connectivity index (χ3n) is 5.01. The van der Waals surface area contributed by atoms with Crippen LogP contribution in [0.1, 0.15) is 5.56 Å². The lowest BCUT2D eigenvalue weighted by molar-refractivity contribution is -0.389. The molecule has 2 aromatic rings. The van der Waals surface area contributed by atoms with Crippen molar-refractivity contribution in [3.8, 4) is 6.01 Å². The Balaban J connectivity index is 1.50. The molecule has 0 radical (unpaired) electrons.